The molecule has 0 spiro atoms. The van der Waals surface area contributed by atoms with E-state index in [1.807, 2.05) is 84.9 Å². The molecule has 0 N–H and O–H groups in total. The lowest BCUT2D eigenvalue weighted by molar-refractivity contribution is 1.44. The molecule has 0 atom stereocenters. The Balaban J connectivity index is 1.88. The van der Waals surface area contributed by atoms with Crippen LogP contribution in [0, 0.1) is 0 Å². The average molecular weight is 456 g/mol. The van der Waals surface area contributed by atoms with E-state index in [0.29, 0.717) is 10.0 Å². The van der Waals surface area contributed by atoms with Gasteiger partial charge in [-0.15, -0.1) is 11.4 Å². The molecule has 4 heteroatoms. The maximum atomic E-state index is 6.08. The predicted octanol–water partition coefficient (Wildman–Crippen LogP) is 9.25. The Hall–Kier alpha value is -3.33. The van der Waals surface area contributed by atoms with Gasteiger partial charge < -0.3 is 5.32 Å². The van der Waals surface area contributed by atoms with Crippen LogP contribution in [0.2, 0.25) is 10.0 Å². The summed E-state index contributed by atoms with van der Waals surface area (Å²) in [4.78, 5) is 4.99. The Labute approximate surface area is 198 Å². The minimum Gasteiger partial charge on any atom is -0.657 e. The first-order valence-corrected chi connectivity index (χ1v) is 11.0. The summed E-state index contributed by atoms with van der Waals surface area (Å²) >= 11 is 12.2. The van der Waals surface area contributed by atoms with Crippen molar-refractivity contribution in [1.82, 2.24) is 0 Å². The van der Waals surface area contributed by atoms with Crippen LogP contribution in [-0.4, -0.2) is 5.71 Å². The Morgan fingerprint density at radius 3 is 1.69 bits per heavy atom. The fourth-order valence-electron chi connectivity index (χ4n) is 3.32. The van der Waals surface area contributed by atoms with E-state index in [4.69, 9.17) is 33.5 Å². The van der Waals surface area contributed by atoms with Gasteiger partial charge in [-0.25, -0.2) is 4.99 Å². The summed E-state index contributed by atoms with van der Waals surface area (Å²) in [5.41, 5.74) is 6.35. The van der Waals surface area contributed by atoms with E-state index in [-0.39, 0.29) is 0 Å². The highest BCUT2D eigenvalue weighted by Gasteiger charge is 2.09. The third-order valence-corrected chi connectivity index (χ3v) is 5.44. The number of nitrogens with zero attached hydrogens (tertiary/aromatic N) is 2. The van der Waals surface area contributed by atoms with Gasteiger partial charge in [-0.2, -0.15) is 0 Å². The highest BCUT2D eigenvalue weighted by molar-refractivity contribution is 6.31. The summed E-state index contributed by atoms with van der Waals surface area (Å²) in [6, 6.07) is 35.3. The molecule has 0 aliphatic heterocycles. The van der Waals surface area contributed by atoms with Crippen molar-refractivity contribution in [2.45, 2.75) is 6.92 Å². The monoisotopic (exact) mass is 455 g/mol. The van der Waals surface area contributed by atoms with Crippen LogP contribution in [0.15, 0.2) is 120 Å². The minimum absolute atomic E-state index is 0.681. The minimum atomic E-state index is 0.681. The SMILES string of the molecule is C/C(C(=Nc1ccc(Cl)cc1)c1ccccc1)=C(/[N-]c1ccc(Cl)cc1)c1ccccc1. The van der Waals surface area contributed by atoms with Crippen molar-refractivity contribution in [3.63, 3.8) is 0 Å². The van der Waals surface area contributed by atoms with E-state index < -0.39 is 0 Å². The van der Waals surface area contributed by atoms with Gasteiger partial charge in [-0.3, -0.25) is 0 Å². The van der Waals surface area contributed by atoms with Crippen molar-refractivity contribution >= 4 is 46.0 Å². The van der Waals surface area contributed by atoms with E-state index in [1.54, 1.807) is 0 Å². The van der Waals surface area contributed by atoms with Crippen molar-refractivity contribution in [2.24, 2.45) is 4.99 Å². The molecule has 0 radical (unpaired) electrons. The number of rotatable bonds is 6. The molecule has 0 aromatic heterocycles. The molecule has 0 amide bonds. The number of aliphatic imine (C=N–C) groups is 1. The normalized spacial score (nSPS) is 12.3. The molecule has 0 aliphatic rings. The summed E-state index contributed by atoms with van der Waals surface area (Å²) in [7, 11) is 0. The van der Waals surface area contributed by atoms with Crippen molar-refractivity contribution in [2.75, 3.05) is 0 Å². The van der Waals surface area contributed by atoms with Crippen LogP contribution in [0.1, 0.15) is 18.1 Å². The van der Waals surface area contributed by atoms with E-state index >= 15 is 0 Å². The average Bonchev–Trinajstić information content (AvgIpc) is 2.84. The lowest BCUT2D eigenvalue weighted by atomic mass is 9.98. The van der Waals surface area contributed by atoms with Crippen LogP contribution in [0.25, 0.3) is 11.0 Å². The van der Waals surface area contributed by atoms with Crippen molar-refractivity contribution in [3.8, 4) is 0 Å². The van der Waals surface area contributed by atoms with Crippen LogP contribution in [0.5, 0.6) is 0 Å². The van der Waals surface area contributed by atoms with Gasteiger partial charge in [0, 0.05) is 15.6 Å². The van der Waals surface area contributed by atoms with Crippen molar-refractivity contribution in [1.29, 1.82) is 0 Å². The standard InChI is InChI=1S/C28H21Cl2N2/c1-20(27(21-8-4-2-5-9-21)31-25-16-12-23(29)13-17-25)28(22-10-6-3-7-11-22)32-26-18-14-24(30)15-19-26/h2-19H,1H3/q-1/b27-20-,32-28?. The largest absolute Gasteiger partial charge is 0.657 e. The lowest BCUT2D eigenvalue weighted by Crippen LogP contribution is -2.05. The Bertz CT molecular complexity index is 1230. The molecule has 2 nitrogen and oxygen atoms in total. The molecule has 0 aliphatic carbocycles. The summed E-state index contributed by atoms with van der Waals surface area (Å²) in [5.74, 6) is 0. The second kappa shape index (κ2) is 10.3. The third-order valence-electron chi connectivity index (χ3n) is 4.94. The zero-order chi connectivity index (χ0) is 22.3. The van der Waals surface area contributed by atoms with Crippen LogP contribution in [-0.2, 0) is 0 Å². The molecule has 0 bridgehead atoms. The smallest absolute Gasteiger partial charge is 0.0726 e. The fourth-order valence-corrected chi connectivity index (χ4v) is 3.58. The van der Waals surface area contributed by atoms with Crippen molar-refractivity contribution in [3.05, 3.63) is 141 Å². The highest BCUT2D eigenvalue weighted by Crippen LogP contribution is 2.35. The summed E-state index contributed by atoms with van der Waals surface area (Å²) in [6.45, 7) is 2.06. The Morgan fingerprint density at radius 1 is 0.625 bits per heavy atom. The first-order valence-electron chi connectivity index (χ1n) is 10.2. The molecule has 0 saturated carbocycles. The summed E-state index contributed by atoms with van der Waals surface area (Å²) in [6.07, 6.45) is 0. The lowest BCUT2D eigenvalue weighted by Gasteiger charge is -2.30. The first-order chi connectivity index (χ1) is 15.6. The maximum Gasteiger partial charge on any atom is 0.0726 e. The molecule has 4 aromatic carbocycles. The van der Waals surface area contributed by atoms with Crippen LogP contribution >= 0.6 is 23.2 Å². The molecular formula is C28H21Cl2N2-. The highest BCUT2D eigenvalue weighted by atomic mass is 35.5. The predicted molar refractivity (Wildman–Crippen MR) is 138 cm³/mol. The van der Waals surface area contributed by atoms with E-state index in [2.05, 4.69) is 31.2 Å². The van der Waals surface area contributed by atoms with E-state index in [1.165, 1.54) is 0 Å². The molecule has 32 heavy (non-hydrogen) atoms. The number of halogens is 2. The zero-order valence-corrected chi connectivity index (χ0v) is 19.1. The Kier molecular flexibility index (Phi) is 7.06. The number of allylic oxidation sites excluding steroid dienone is 1. The number of hydrogen-bond acceptors (Lipinski definition) is 1. The molecule has 0 unspecified atom stereocenters. The van der Waals surface area contributed by atoms with Gasteiger partial charge in [-0.05, 0) is 54.5 Å². The topological polar surface area (TPSA) is 26.5 Å². The number of hydrogen-bond donors (Lipinski definition) is 0. The summed E-state index contributed by atoms with van der Waals surface area (Å²) in [5, 5.41) is 6.35. The van der Waals surface area contributed by atoms with Gasteiger partial charge in [0.15, 0.2) is 0 Å². The van der Waals surface area contributed by atoms with Gasteiger partial charge in [0.05, 0.1) is 11.4 Å². The molecule has 4 rings (SSSR count). The molecule has 0 saturated heterocycles. The van der Waals surface area contributed by atoms with E-state index in [0.717, 1.165) is 39.5 Å². The Morgan fingerprint density at radius 2 is 1.12 bits per heavy atom. The first kappa shape index (κ1) is 21.9. The van der Waals surface area contributed by atoms with Gasteiger partial charge in [0.1, 0.15) is 0 Å². The van der Waals surface area contributed by atoms with Crippen LogP contribution in [0.3, 0.4) is 0 Å². The third kappa shape index (κ3) is 5.47. The zero-order valence-electron chi connectivity index (χ0n) is 17.5. The maximum absolute atomic E-state index is 6.08. The second-order valence-corrected chi connectivity index (χ2v) is 8.10. The fraction of sp³-hybridized carbons (Fsp3) is 0.0357. The van der Waals surface area contributed by atoms with Gasteiger partial charge in [-0.1, -0.05) is 96.0 Å². The quantitative estimate of drug-likeness (QED) is 0.259. The van der Waals surface area contributed by atoms with Crippen molar-refractivity contribution < 1.29 is 0 Å². The van der Waals surface area contributed by atoms with Gasteiger partial charge in [0.2, 0.25) is 0 Å². The van der Waals surface area contributed by atoms with Gasteiger partial charge >= 0.3 is 0 Å². The second-order valence-electron chi connectivity index (χ2n) is 7.23. The molecule has 0 heterocycles. The van der Waals surface area contributed by atoms with E-state index in [9.17, 15) is 0 Å². The van der Waals surface area contributed by atoms with Crippen LogP contribution < -0.4 is 0 Å². The molecular weight excluding hydrogens is 435 g/mol. The molecule has 0 fully saturated rings. The molecule has 158 valence electrons. The summed E-state index contributed by atoms with van der Waals surface area (Å²) < 4.78 is 0. The van der Waals surface area contributed by atoms with Crippen LogP contribution in [0.4, 0.5) is 11.4 Å². The van der Waals surface area contributed by atoms with Gasteiger partial charge in [0.25, 0.3) is 0 Å². The number of benzene rings is 4. The molecule has 4 aromatic rings.